The van der Waals surface area contributed by atoms with Gasteiger partial charge >= 0.3 is 0 Å². The van der Waals surface area contributed by atoms with Crippen LogP contribution in [0.15, 0.2) is 12.1 Å². The second-order valence-corrected chi connectivity index (χ2v) is 4.43. The van der Waals surface area contributed by atoms with Gasteiger partial charge in [-0.2, -0.15) is 0 Å². The van der Waals surface area contributed by atoms with E-state index < -0.39 is 0 Å². The number of likely N-dealkylation sites (N-methyl/N-ethyl adjacent to an activating group) is 1. The number of nitrogens with one attached hydrogen (secondary N) is 1. The van der Waals surface area contributed by atoms with Gasteiger partial charge in [-0.05, 0) is 51.3 Å². The Balaban J connectivity index is 0.000000325. The third-order valence-electron chi connectivity index (χ3n) is 2.73. The number of hydrogen-bond acceptors (Lipinski definition) is 2. The maximum Gasteiger partial charge on any atom is 0.236 e. The van der Waals surface area contributed by atoms with Crippen molar-refractivity contribution >= 4 is 5.91 Å². The molecule has 0 saturated heterocycles. The number of hydrogen-bond donors (Lipinski definition) is 2. The van der Waals surface area contributed by atoms with Gasteiger partial charge in [0.05, 0.1) is 6.04 Å². The third-order valence-corrected chi connectivity index (χ3v) is 2.73. The lowest BCUT2D eigenvalue weighted by Gasteiger charge is -2.04. The van der Waals surface area contributed by atoms with Crippen LogP contribution in [0, 0.1) is 27.7 Å². The molecule has 0 aliphatic rings. The van der Waals surface area contributed by atoms with Gasteiger partial charge in [-0.15, -0.1) is 0 Å². The SMILES string of the molecule is CNC(=O)C(C)N.Cc1cc(C)c(C)c(C)c1. The van der Waals surface area contributed by atoms with Gasteiger partial charge in [-0.1, -0.05) is 17.7 Å². The molecule has 0 heterocycles. The minimum absolute atomic E-state index is 0.125. The van der Waals surface area contributed by atoms with E-state index in [2.05, 4.69) is 45.1 Å². The topological polar surface area (TPSA) is 55.1 Å². The maximum atomic E-state index is 10.3. The summed E-state index contributed by atoms with van der Waals surface area (Å²) in [5.74, 6) is -0.125. The van der Waals surface area contributed by atoms with E-state index in [1.807, 2.05) is 0 Å². The molecule has 1 aromatic carbocycles. The highest BCUT2D eigenvalue weighted by Gasteiger charge is 2.00. The fourth-order valence-corrected chi connectivity index (χ4v) is 1.48. The molecule has 0 radical (unpaired) electrons. The summed E-state index contributed by atoms with van der Waals surface area (Å²) in [7, 11) is 1.56. The van der Waals surface area contributed by atoms with Crippen molar-refractivity contribution in [2.24, 2.45) is 5.73 Å². The van der Waals surface area contributed by atoms with E-state index in [9.17, 15) is 4.79 Å². The summed E-state index contributed by atoms with van der Waals surface area (Å²) in [6.45, 7) is 10.3. The van der Waals surface area contributed by atoms with Crippen LogP contribution in [0.3, 0.4) is 0 Å². The Morgan fingerprint density at radius 1 is 1.18 bits per heavy atom. The number of carbonyl (C=O) groups is 1. The van der Waals surface area contributed by atoms with Crippen molar-refractivity contribution in [2.75, 3.05) is 7.05 Å². The van der Waals surface area contributed by atoms with Crippen molar-refractivity contribution in [1.82, 2.24) is 5.32 Å². The molecule has 1 atom stereocenters. The summed E-state index contributed by atoms with van der Waals surface area (Å²) in [5, 5.41) is 2.40. The summed E-state index contributed by atoms with van der Waals surface area (Å²) in [4.78, 5) is 10.3. The van der Waals surface area contributed by atoms with Gasteiger partial charge in [0.2, 0.25) is 5.91 Å². The van der Waals surface area contributed by atoms with E-state index in [4.69, 9.17) is 5.73 Å². The lowest BCUT2D eigenvalue weighted by Crippen LogP contribution is -2.35. The van der Waals surface area contributed by atoms with Crippen molar-refractivity contribution in [2.45, 2.75) is 40.7 Å². The van der Waals surface area contributed by atoms with Gasteiger partial charge in [-0.3, -0.25) is 4.79 Å². The Morgan fingerprint density at radius 3 is 1.82 bits per heavy atom. The van der Waals surface area contributed by atoms with E-state index in [0.29, 0.717) is 0 Å². The fourth-order valence-electron chi connectivity index (χ4n) is 1.48. The molecule has 0 fully saturated rings. The van der Waals surface area contributed by atoms with E-state index in [1.165, 1.54) is 22.3 Å². The maximum absolute atomic E-state index is 10.3. The van der Waals surface area contributed by atoms with Crippen LogP contribution in [-0.4, -0.2) is 19.0 Å². The Labute approximate surface area is 104 Å². The predicted molar refractivity (Wildman–Crippen MR) is 73.1 cm³/mol. The molecule has 96 valence electrons. The highest BCUT2D eigenvalue weighted by molar-refractivity contribution is 5.80. The fraction of sp³-hybridized carbons (Fsp3) is 0.500. The minimum atomic E-state index is -0.384. The van der Waals surface area contributed by atoms with Gasteiger partial charge in [0, 0.05) is 7.05 Å². The van der Waals surface area contributed by atoms with E-state index in [0.717, 1.165) is 0 Å². The Kier molecular flexibility index (Phi) is 6.51. The zero-order valence-corrected chi connectivity index (χ0v) is 11.7. The van der Waals surface area contributed by atoms with Gasteiger partial charge < -0.3 is 11.1 Å². The molecule has 1 rings (SSSR count). The Bertz CT molecular complexity index is 361. The second kappa shape index (κ2) is 7.07. The zero-order chi connectivity index (χ0) is 13.6. The molecule has 0 saturated carbocycles. The zero-order valence-electron chi connectivity index (χ0n) is 11.7. The standard InChI is InChI=1S/C10H14.C4H10N2O/c1-7-5-8(2)10(4)9(3)6-7;1-3(5)4(7)6-2/h5-6H,1-4H3;3H,5H2,1-2H3,(H,6,7). The first-order valence-corrected chi connectivity index (χ1v) is 5.81. The van der Waals surface area contributed by atoms with Gasteiger partial charge in [0.1, 0.15) is 0 Å². The molecule has 0 spiro atoms. The van der Waals surface area contributed by atoms with Crippen LogP contribution in [0.4, 0.5) is 0 Å². The normalized spacial score (nSPS) is 11.2. The summed E-state index contributed by atoms with van der Waals surface area (Å²) in [6.07, 6.45) is 0. The second-order valence-electron chi connectivity index (χ2n) is 4.43. The predicted octanol–water partition coefficient (Wildman–Crippen LogP) is 2.00. The summed E-state index contributed by atoms with van der Waals surface area (Å²) in [5.41, 5.74) is 10.7. The molecular weight excluding hydrogens is 212 g/mol. The van der Waals surface area contributed by atoms with Crippen molar-refractivity contribution in [3.63, 3.8) is 0 Å². The number of carbonyl (C=O) groups excluding carboxylic acids is 1. The van der Waals surface area contributed by atoms with Gasteiger partial charge in [0.15, 0.2) is 0 Å². The molecule has 0 aliphatic carbocycles. The number of rotatable bonds is 1. The van der Waals surface area contributed by atoms with Crippen molar-refractivity contribution in [3.8, 4) is 0 Å². The van der Waals surface area contributed by atoms with E-state index in [-0.39, 0.29) is 11.9 Å². The molecule has 0 aromatic heterocycles. The average Bonchev–Trinajstić information content (AvgIpc) is 2.25. The molecule has 0 bridgehead atoms. The lowest BCUT2D eigenvalue weighted by molar-refractivity contribution is -0.121. The molecule has 0 aliphatic heterocycles. The molecule has 3 N–H and O–H groups in total. The average molecular weight is 236 g/mol. The van der Waals surface area contributed by atoms with Crippen LogP contribution in [0.2, 0.25) is 0 Å². The van der Waals surface area contributed by atoms with Crippen molar-refractivity contribution in [1.29, 1.82) is 0 Å². The van der Waals surface area contributed by atoms with Gasteiger partial charge in [0.25, 0.3) is 0 Å². The molecule has 1 amide bonds. The minimum Gasteiger partial charge on any atom is -0.358 e. The highest BCUT2D eigenvalue weighted by Crippen LogP contribution is 2.13. The van der Waals surface area contributed by atoms with Gasteiger partial charge in [-0.25, -0.2) is 0 Å². The highest BCUT2D eigenvalue weighted by atomic mass is 16.2. The number of amides is 1. The summed E-state index contributed by atoms with van der Waals surface area (Å²) < 4.78 is 0. The Morgan fingerprint density at radius 2 is 1.59 bits per heavy atom. The van der Waals surface area contributed by atoms with Crippen LogP contribution in [-0.2, 0) is 4.79 Å². The lowest BCUT2D eigenvalue weighted by atomic mass is 10.0. The smallest absolute Gasteiger partial charge is 0.236 e. The number of benzene rings is 1. The number of nitrogens with two attached hydrogens (primary N) is 1. The van der Waals surface area contributed by atoms with Crippen LogP contribution in [0.25, 0.3) is 0 Å². The quantitative estimate of drug-likeness (QED) is 0.783. The third kappa shape index (κ3) is 5.50. The summed E-state index contributed by atoms with van der Waals surface area (Å²) >= 11 is 0. The van der Waals surface area contributed by atoms with Crippen LogP contribution >= 0.6 is 0 Å². The van der Waals surface area contributed by atoms with Crippen LogP contribution in [0.5, 0.6) is 0 Å². The molecule has 1 unspecified atom stereocenters. The van der Waals surface area contributed by atoms with Crippen molar-refractivity contribution < 1.29 is 4.79 Å². The summed E-state index contributed by atoms with van der Waals surface area (Å²) in [6, 6.07) is 4.06. The molecule has 3 nitrogen and oxygen atoms in total. The molecular formula is C14H24N2O. The molecule has 3 heteroatoms. The largest absolute Gasteiger partial charge is 0.358 e. The monoisotopic (exact) mass is 236 g/mol. The molecule has 1 aromatic rings. The molecule has 17 heavy (non-hydrogen) atoms. The first-order valence-electron chi connectivity index (χ1n) is 5.81. The number of aryl methyl sites for hydroxylation is 3. The van der Waals surface area contributed by atoms with E-state index >= 15 is 0 Å². The Hall–Kier alpha value is -1.35. The van der Waals surface area contributed by atoms with E-state index in [1.54, 1.807) is 14.0 Å². The van der Waals surface area contributed by atoms with Crippen molar-refractivity contribution in [3.05, 3.63) is 34.4 Å². The van der Waals surface area contributed by atoms with Crippen LogP contribution < -0.4 is 11.1 Å². The first kappa shape index (κ1) is 15.7. The first-order chi connectivity index (χ1) is 7.79. The van der Waals surface area contributed by atoms with Crippen LogP contribution in [0.1, 0.15) is 29.2 Å².